The molecule has 140 valence electrons. The number of carbonyl (C=O) groups is 1. The van der Waals surface area contributed by atoms with E-state index in [9.17, 15) is 4.79 Å². The van der Waals surface area contributed by atoms with Crippen LogP contribution in [0.4, 0.5) is 5.69 Å². The first kappa shape index (κ1) is 18.2. The summed E-state index contributed by atoms with van der Waals surface area (Å²) >= 11 is 0. The largest absolute Gasteiger partial charge is 0.493 e. The number of hydrogen-bond donors (Lipinski definition) is 1. The van der Waals surface area contributed by atoms with Crippen molar-refractivity contribution in [2.45, 2.75) is 0 Å². The van der Waals surface area contributed by atoms with Gasteiger partial charge in [-0.25, -0.2) is 4.68 Å². The molecule has 0 aliphatic rings. The summed E-state index contributed by atoms with van der Waals surface area (Å²) in [5.41, 5.74) is 1.85. The van der Waals surface area contributed by atoms with E-state index in [0.717, 1.165) is 5.56 Å². The number of nitrogens with zero attached hydrogens (tertiary/aromatic N) is 4. The first-order valence-electron chi connectivity index (χ1n) is 8.01. The Bertz CT molecular complexity index is 928. The summed E-state index contributed by atoms with van der Waals surface area (Å²) in [6, 6.07) is 10.4. The van der Waals surface area contributed by atoms with Crippen LogP contribution in [0.2, 0.25) is 0 Å². The zero-order valence-electron chi connectivity index (χ0n) is 15.4. The molecular weight excluding hydrogens is 350 g/mol. The highest BCUT2D eigenvalue weighted by Crippen LogP contribution is 2.38. The molecule has 2 aromatic carbocycles. The van der Waals surface area contributed by atoms with Crippen LogP contribution < -0.4 is 19.5 Å². The van der Waals surface area contributed by atoms with E-state index in [4.69, 9.17) is 14.2 Å². The Labute approximate surface area is 155 Å². The molecule has 1 heterocycles. The Hall–Kier alpha value is -3.62. The lowest BCUT2D eigenvalue weighted by Crippen LogP contribution is -2.12. The van der Waals surface area contributed by atoms with Gasteiger partial charge < -0.3 is 19.5 Å². The van der Waals surface area contributed by atoms with Gasteiger partial charge in [-0.2, -0.15) is 0 Å². The number of ether oxygens (including phenoxy) is 3. The van der Waals surface area contributed by atoms with Crippen LogP contribution in [0.25, 0.3) is 11.4 Å². The highest BCUT2D eigenvalue weighted by molar-refractivity contribution is 6.05. The number of aryl methyl sites for hydroxylation is 1. The van der Waals surface area contributed by atoms with Crippen LogP contribution in [-0.4, -0.2) is 47.4 Å². The molecule has 0 unspecified atom stereocenters. The minimum Gasteiger partial charge on any atom is -0.493 e. The van der Waals surface area contributed by atoms with Gasteiger partial charge in [0.2, 0.25) is 5.75 Å². The zero-order chi connectivity index (χ0) is 19.4. The van der Waals surface area contributed by atoms with Crippen molar-refractivity contribution in [2.24, 2.45) is 7.05 Å². The van der Waals surface area contributed by atoms with Crippen molar-refractivity contribution in [3.8, 4) is 28.6 Å². The topological polar surface area (TPSA) is 100 Å². The predicted molar refractivity (Wildman–Crippen MR) is 98.3 cm³/mol. The maximum Gasteiger partial charge on any atom is 0.255 e. The highest BCUT2D eigenvalue weighted by atomic mass is 16.5. The van der Waals surface area contributed by atoms with E-state index in [-0.39, 0.29) is 5.91 Å². The van der Waals surface area contributed by atoms with Gasteiger partial charge in [0.25, 0.3) is 5.91 Å². The molecule has 0 aliphatic heterocycles. The maximum atomic E-state index is 12.6. The molecule has 1 N–H and O–H groups in total. The minimum absolute atomic E-state index is 0.303. The molecule has 27 heavy (non-hydrogen) atoms. The van der Waals surface area contributed by atoms with E-state index < -0.39 is 0 Å². The fourth-order valence-electron chi connectivity index (χ4n) is 2.59. The number of carbonyl (C=O) groups excluding carboxylic acids is 1. The van der Waals surface area contributed by atoms with Crippen molar-refractivity contribution < 1.29 is 19.0 Å². The molecule has 0 saturated carbocycles. The summed E-state index contributed by atoms with van der Waals surface area (Å²) in [4.78, 5) is 12.6. The maximum absolute atomic E-state index is 12.6. The second-order valence-corrected chi connectivity index (χ2v) is 5.57. The first-order valence-corrected chi connectivity index (χ1v) is 8.01. The van der Waals surface area contributed by atoms with E-state index >= 15 is 0 Å². The molecule has 0 fully saturated rings. The second-order valence-electron chi connectivity index (χ2n) is 5.57. The molecule has 0 spiro atoms. The van der Waals surface area contributed by atoms with Gasteiger partial charge >= 0.3 is 0 Å². The molecule has 0 atom stereocenters. The van der Waals surface area contributed by atoms with Gasteiger partial charge in [-0.1, -0.05) is 0 Å². The van der Waals surface area contributed by atoms with E-state index in [0.29, 0.717) is 34.3 Å². The van der Waals surface area contributed by atoms with Crippen LogP contribution in [0.5, 0.6) is 17.2 Å². The van der Waals surface area contributed by atoms with Crippen LogP contribution >= 0.6 is 0 Å². The molecule has 9 heteroatoms. The van der Waals surface area contributed by atoms with Gasteiger partial charge in [0.1, 0.15) is 0 Å². The number of methoxy groups -OCH3 is 3. The number of tetrazole rings is 1. The lowest BCUT2D eigenvalue weighted by atomic mass is 10.1. The average molecular weight is 369 g/mol. The summed E-state index contributed by atoms with van der Waals surface area (Å²) in [6.07, 6.45) is 0. The Balaban J connectivity index is 1.82. The quantitative estimate of drug-likeness (QED) is 0.710. The van der Waals surface area contributed by atoms with Crippen molar-refractivity contribution in [3.05, 3.63) is 42.0 Å². The molecule has 9 nitrogen and oxygen atoms in total. The first-order chi connectivity index (χ1) is 13.1. The van der Waals surface area contributed by atoms with Gasteiger partial charge in [-0.3, -0.25) is 4.79 Å². The van der Waals surface area contributed by atoms with Crippen LogP contribution in [0, 0.1) is 0 Å². The number of anilines is 1. The molecule has 3 rings (SSSR count). The van der Waals surface area contributed by atoms with Crippen molar-refractivity contribution in [3.63, 3.8) is 0 Å². The molecule has 1 amide bonds. The molecular formula is C18H19N5O4. The van der Waals surface area contributed by atoms with Gasteiger partial charge in [-0.05, 0) is 46.8 Å². The van der Waals surface area contributed by atoms with E-state index in [1.54, 1.807) is 36.0 Å². The van der Waals surface area contributed by atoms with Crippen LogP contribution in [0.15, 0.2) is 36.4 Å². The zero-order valence-corrected chi connectivity index (χ0v) is 15.4. The highest BCUT2D eigenvalue weighted by Gasteiger charge is 2.17. The lowest BCUT2D eigenvalue weighted by Gasteiger charge is -2.14. The van der Waals surface area contributed by atoms with E-state index in [2.05, 4.69) is 20.8 Å². The SMILES string of the molecule is COc1cc(C(=O)Nc2ccc(-c3nnnn3C)cc2)cc(OC)c1OC. The normalized spacial score (nSPS) is 10.4. The second kappa shape index (κ2) is 7.73. The number of hydrogen-bond acceptors (Lipinski definition) is 7. The van der Waals surface area contributed by atoms with Crippen LogP contribution in [0.3, 0.4) is 0 Å². The van der Waals surface area contributed by atoms with Crippen molar-refractivity contribution >= 4 is 11.6 Å². The van der Waals surface area contributed by atoms with Gasteiger partial charge in [0.15, 0.2) is 17.3 Å². The number of nitrogens with one attached hydrogen (secondary N) is 1. The smallest absolute Gasteiger partial charge is 0.255 e. The molecule has 0 saturated heterocycles. The van der Waals surface area contributed by atoms with Crippen molar-refractivity contribution in [1.29, 1.82) is 0 Å². The fourth-order valence-corrected chi connectivity index (χ4v) is 2.59. The van der Waals surface area contributed by atoms with Gasteiger partial charge in [0, 0.05) is 23.9 Å². The summed E-state index contributed by atoms with van der Waals surface area (Å²) < 4.78 is 17.4. The Kier molecular flexibility index (Phi) is 5.20. The standard InChI is InChI=1S/C18H19N5O4/c1-23-17(20-21-22-23)11-5-7-13(8-6-11)19-18(24)12-9-14(25-2)16(27-4)15(10-12)26-3/h5-10H,1-4H3,(H,19,24). The molecule has 1 aromatic heterocycles. The molecule has 3 aromatic rings. The van der Waals surface area contributed by atoms with E-state index in [1.807, 2.05) is 12.1 Å². The summed E-state index contributed by atoms with van der Waals surface area (Å²) in [7, 11) is 6.27. The third-order valence-corrected chi connectivity index (χ3v) is 3.95. The van der Waals surface area contributed by atoms with Crippen LogP contribution in [-0.2, 0) is 7.05 Å². The average Bonchev–Trinajstić information content (AvgIpc) is 3.13. The Morgan fingerprint density at radius 1 is 1.00 bits per heavy atom. The lowest BCUT2D eigenvalue weighted by molar-refractivity contribution is 0.102. The summed E-state index contributed by atoms with van der Waals surface area (Å²) in [6.45, 7) is 0. The minimum atomic E-state index is -0.303. The Morgan fingerprint density at radius 2 is 1.63 bits per heavy atom. The molecule has 0 bridgehead atoms. The third kappa shape index (κ3) is 3.66. The summed E-state index contributed by atoms with van der Waals surface area (Å²) in [5, 5.41) is 14.2. The van der Waals surface area contributed by atoms with Crippen molar-refractivity contribution in [1.82, 2.24) is 20.2 Å². The van der Waals surface area contributed by atoms with Gasteiger partial charge in [-0.15, -0.1) is 5.10 Å². The summed E-state index contributed by atoms with van der Waals surface area (Å²) in [5.74, 6) is 1.58. The third-order valence-electron chi connectivity index (χ3n) is 3.95. The molecule has 0 radical (unpaired) electrons. The number of rotatable bonds is 6. The number of aromatic nitrogens is 4. The fraction of sp³-hybridized carbons (Fsp3) is 0.222. The Morgan fingerprint density at radius 3 is 2.11 bits per heavy atom. The monoisotopic (exact) mass is 369 g/mol. The number of amides is 1. The van der Waals surface area contributed by atoms with Crippen molar-refractivity contribution in [2.75, 3.05) is 26.6 Å². The number of benzene rings is 2. The van der Waals surface area contributed by atoms with E-state index in [1.165, 1.54) is 21.3 Å². The van der Waals surface area contributed by atoms with Gasteiger partial charge in [0.05, 0.1) is 21.3 Å². The molecule has 0 aliphatic carbocycles. The van der Waals surface area contributed by atoms with Crippen LogP contribution in [0.1, 0.15) is 10.4 Å². The predicted octanol–water partition coefficient (Wildman–Crippen LogP) is 2.16.